The molecule has 4 nitrogen and oxygen atoms in total. The number of hydrogen-bond donors (Lipinski definition) is 1. The molecule has 0 amide bonds. The first-order chi connectivity index (χ1) is 10.8. The molecular formula is C15H8ClF3N2O2. The third-order valence-corrected chi connectivity index (χ3v) is 3.41. The standard InChI is InChI=1S/C15H8ClF3N2O2/c16-11-5-8(15(17,18)19)1-4-14(11)23-9-2-3-12-10(6-9)13(22)7-20-21-12/h1-7H,(H,21,22). The van der Waals surface area contributed by atoms with E-state index in [2.05, 4.69) is 10.2 Å². The van der Waals surface area contributed by atoms with Gasteiger partial charge in [-0.3, -0.25) is 9.89 Å². The molecule has 3 rings (SSSR count). The van der Waals surface area contributed by atoms with E-state index in [-0.39, 0.29) is 22.0 Å². The van der Waals surface area contributed by atoms with E-state index in [9.17, 15) is 18.0 Å². The van der Waals surface area contributed by atoms with Gasteiger partial charge in [0.1, 0.15) is 11.5 Å². The number of halogens is 4. The first kappa shape index (κ1) is 15.4. The van der Waals surface area contributed by atoms with Gasteiger partial charge in [-0.05, 0) is 36.4 Å². The summed E-state index contributed by atoms with van der Waals surface area (Å²) in [4.78, 5) is 11.7. The summed E-state index contributed by atoms with van der Waals surface area (Å²) >= 11 is 5.83. The number of hydrogen-bond acceptors (Lipinski definition) is 3. The average molecular weight is 341 g/mol. The largest absolute Gasteiger partial charge is 0.456 e. The lowest BCUT2D eigenvalue weighted by atomic mass is 10.2. The van der Waals surface area contributed by atoms with Gasteiger partial charge in [-0.15, -0.1) is 0 Å². The topological polar surface area (TPSA) is 55.0 Å². The van der Waals surface area contributed by atoms with Gasteiger partial charge in [0, 0.05) is 0 Å². The highest BCUT2D eigenvalue weighted by atomic mass is 35.5. The number of H-pyrrole nitrogens is 1. The van der Waals surface area contributed by atoms with E-state index in [0.717, 1.165) is 24.4 Å². The van der Waals surface area contributed by atoms with E-state index in [1.165, 1.54) is 6.07 Å². The fourth-order valence-electron chi connectivity index (χ4n) is 2.01. The predicted molar refractivity (Wildman–Crippen MR) is 78.9 cm³/mol. The molecule has 23 heavy (non-hydrogen) atoms. The molecule has 0 atom stereocenters. The Morgan fingerprint density at radius 1 is 1.13 bits per heavy atom. The van der Waals surface area contributed by atoms with E-state index < -0.39 is 11.7 Å². The summed E-state index contributed by atoms with van der Waals surface area (Å²) in [6.07, 6.45) is -3.36. The highest BCUT2D eigenvalue weighted by Gasteiger charge is 2.31. The van der Waals surface area contributed by atoms with Crippen molar-refractivity contribution < 1.29 is 17.9 Å². The number of aromatic amines is 1. The molecule has 0 fully saturated rings. The zero-order valence-electron chi connectivity index (χ0n) is 11.3. The van der Waals surface area contributed by atoms with Gasteiger partial charge in [0.15, 0.2) is 0 Å². The summed E-state index contributed by atoms with van der Waals surface area (Å²) in [5.41, 5.74) is -0.651. The second-order valence-corrected chi connectivity index (χ2v) is 5.09. The molecule has 0 radical (unpaired) electrons. The first-order valence-corrected chi connectivity index (χ1v) is 6.74. The molecule has 118 valence electrons. The number of nitrogens with one attached hydrogen (secondary N) is 1. The maximum absolute atomic E-state index is 12.6. The van der Waals surface area contributed by atoms with Crippen molar-refractivity contribution in [3.63, 3.8) is 0 Å². The summed E-state index contributed by atoms with van der Waals surface area (Å²) < 4.78 is 43.3. The third kappa shape index (κ3) is 3.14. The summed E-state index contributed by atoms with van der Waals surface area (Å²) in [6.45, 7) is 0. The van der Waals surface area contributed by atoms with E-state index in [1.54, 1.807) is 12.1 Å². The van der Waals surface area contributed by atoms with Crippen molar-refractivity contribution >= 4 is 22.5 Å². The molecule has 0 aliphatic carbocycles. The number of aromatic nitrogens is 2. The minimum Gasteiger partial charge on any atom is -0.456 e. The molecule has 0 spiro atoms. The monoisotopic (exact) mass is 340 g/mol. The molecule has 0 unspecified atom stereocenters. The van der Waals surface area contributed by atoms with E-state index in [0.29, 0.717) is 10.9 Å². The summed E-state index contributed by atoms with van der Waals surface area (Å²) in [7, 11) is 0. The zero-order valence-corrected chi connectivity index (χ0v) is 12.1. The van der Waals surface area contributed by atoms with Crippen LogP contribution in [0.5, 0.6) is 11.5 Å². The van der Waals surface area contributed by atoms with Crippen molar-refractivity contribution in [1.82, 2.24) is 10.2 Å². The third-order valence-electron chi connectivity index (χ3n) is 3.11. The molecule has 0 aliphatic rings. The van der Waals surface area contributed by atoms with Gasteiger partial charge in [-0.25, -0.2) is 0 Å². The minimum atomic E-state index is -4.48. The molecule has 0 bridgehead atoms. The van der Waals surface area contributed by atoms with Crippen LogP contribution in [0.3, 0.4) is 0 Å². The summed E-state index contributed by atoms with van der Waals surface area (Å²) in [6, 6.07) is 7.38. The summed E-state index contributed by atoms with van der Waals surface area (Å²) in [5, 5.41) is 6.50. The van der Waals surface area contributed by atoms with Crippen molar-refractivity contribution in [2.45, 2.75) is 6.18 Å². The van der Waals surface area contributed by atoms with Gasteiger partial charge >= 0.3 is 6.18 Å². The lowest BCUT2D eigenvalue weighted by Crippen LogP contribution is -2.04. The Kier molecular flexibility index (Phi) is 3.73. The highest BCUT2D eigenvalue weighted by molar-refractivity contribution is 6.32. The van der Waals surface area contributed by atoms with Gasteiger partial charge < -0.3 is 4.74 Å². The van der Waals surface area contributed by atoms with Crippen LogP contribution in [0, 0.1) is 0 Å². The molecule has 1 aromatic heterocycles. The quantitative estimate of drug-likeness (QED) is 0.753. The second-order valence-electron chi connectivity index (χ2n) is 4.69. The number of alkyl halides is 3. The lowest BCUT2D eigenvalue weighted by Gasteiger charge is -2.11. The van der Waals surface area contributed by atoms with Crippen molar-refractivity contribution in [3.05, 3.63) is 63.4 Å². The average Bonchev–Trinajstić information content (AvgIpc) is 2.49. The van der Waals surface area contributed by atoms with E-state index in [1.807, 2.05) is 0 Å². The van der Waals surface area contributed by atoms with Crippen LogP contribution in [0.25, 0.3) is 10.9 Å². The molecule has 3 aromatic rings. The van der Waals surface area contributed by atoms with Crippen LogP contribution < -0.4 is 10.2 Å². The second kappa shape index (κ2) is 5.58. The maximum Gasteiger partial charge on any atom is 0.416 e. The van der Waals surface area contributed by atoms with Gasteiger partial charge in [0.05, 0.1) is 27.7 Å². The number of fused-ring (bicyclic) bond motifs is 1. The molecule has 1 N–H and O–H groups in total. The molecule has 1 heterocycles. The normalized spacial score (nSPS) is 11.7. The minimum absolute atomic E-state index is 0.0597. The molecule has 8 heteroatoms. The fourth-order valence-corrected chi connectivity index (χ4v) is 2.22. The number of ether oxygens (including phenoxy) is 1. The molecule has 0 aliphatic heterocycles. The van der Waals surface area contributed by atoms with Gasteiger partial charge in [-0.2, -0.15) is 18.3 Å². The van der Waals surface area contributed by atoms with Crippen LogP contribution in [0.2, 0.25) is 5.02 Å². The van der Waals surface area contributed by atoms with Crippen molar-refractivity contribution in [2.24, 2.45) is 0 Å². The Labute approximate surface area is 132 Å². The fraction of sp³-hybridized carbons (Fsp3) is 0.0667. The van der Waals surface area contributed by atoms with Crippen molar-refractivity contribution in [2.75, 3.05) is 0 Å². The van der Waals surface area contributed by atoms with Crippen LogP contribution in [0.15, 0.2) is 47.4 Å². The molecular weight excluding hydrogens is 333 g/mol. The van der Waals surface area contributed by atoms with Crippen LogP contribution >= 0.6 is 11.6 Å². The highest BCUT2D eigenvalue weighted by Crippen LogP contribution is 2.36. The van der Waals surface area contributed by atoms with E-state index in [4.69, 9.17) is 16.3 Å². The molecule has 0 saturated carbocycles. The van der Waals surface area contributed by atoms with Crippen molar-refractivity contribution in [3.8, 4) is 11.5 Å². The van der Waals surface area contributed by atoms with Gasteiger partial charge in [-0.1, -0.05) is 11.6 Å². The number of rotatable bonds is 2. The van der Waals surface area contributed by atoms with Gasteiger partial charge in [0.25, 0.3) is 0 Å². The molecule has 2 aromatic carbocycles. The zero-order chi connectivity index (χ0) is 16.6. The Balaban J connectivity index is 1.96. The smallest absolute Gasteiger partial charge is 0.416 e. The SMILES string of the molecule is O=c1cn[nH]c2ccc(Oc3ccc(C(F)(F)F)cc3Cl)cc12. The van der Waals surface area contributed by atoms with E-state index >= 15 is 0 Å². The Morgan fingerprint density at radius 2 is 1.91 bits per heavy atom. The van der Waals surface area contributed by atoms with Crippen LogP contribution in [0.1, 0.15) is 5.56 Å². The first-order valence-electron chi connectivity index (χ1n) is 6.36. The lowest BCUT2D eigenvalue weighted by molar-refractivity contribution is -0.137. The van der Waals surface area contributed by atoms with Gasteiger partial charge in [0.2, 0.25) is 5.43 Å². The van der Waals surface area contributed by atoms with Crippen LogP contribution in [-0.4, -0.2) is 10.2 Å². The summed E-state index contributed by atoms with van der Waals surface area (Å²) in [5.74, 6) is 0.334. The van der Waals surface area contributed by atoms with Crippen LogP contribution in [0.4, 0.5) is 13.2 Å². The Morgan fingerprint density at radius 3 is 2.61 bits per heavy atom. The predicted octanol–water partition coefficient (Wildman–Crippen LogP) is 4.39. The van der Waals surface area contributed by atoms with Crippen molar-refractivity contribution in [1.29, 1.82) is 0 Å². The molecule has 0 saturated heterocycles. The Hall–Kier alpha value is -2.54. The number of nitrogens with zero attached hydrogens (tertiary/aromatic N) is 1. The maximum atomic E-state index is 12.6. The Bertz CT molecular complexity index is 938. The van der Waals surface area contributed by atoms with Crippen LogP contribution in [-0.2, 0) is 6.18 Å². The number of benzene rings is 2.